The van der Waals surface area contributed by atoms with Crippen LogP contribution in [0.1, 0.15) is 13.8 Å². The quantitative estimate of drug-likeness (QED) is 0.215. The third-order valence-electron chi connectivity index (χ3n) is 5.91. The topological polar surface area (TPSA) is 89.8 Å². The second-order valence-electron chi connectivity index (χ2n) is 8.61. The highest BCUT2D eigenvalue weighted by Gasteiger charge is 2.12. The third kappa shape index (κ3) is 4.83. The molecule has 0 saturated carbocycles. The number of amides is 2. The van der Waals surface area contributed by atoms with Gasteiger partial charge in [0.2, 0.25) is 11.8 Å². The highest BCUT2D eigenvalue weighted by molar-refractivity contribution is 5.94. The minimum Gasteiger partial charge on any atom is -0.354 e. The van der Waals surface area contributed by atoms with Gasteiger partial charge in [-0.2, -0.15) is 0 Å². The van der Waals surface area contributed by atoms with Crippen molar-refractivity contribution in [3.63, 3.8) is 0 Å². The fourth-order valence-electron chi connectivity index (χ4n) is 4.33. The molecular weight excluding hydrogens is 448 g/mol. The highest BCUT2D eigenvalue weighted by Crippen LogP contribution is 2.33. The number of nitrogens with one attached hydrogen (secondary N) is 4. The number of anilines is 2. The van der Waals surface area contributed by atoms with Gasteiger partial charge in [0.15, 0.2) is 0 Å². The smallest absolute Gasteiger partial charge is 0.221 e. The van der Waals surface area contributed by atoms with Gasteiger partial charge in [-0.25, -0.2) is 0 Å². The van der Waals surface area contributed by atoms with Crippen LogP contribution in [0.15, 0.2) is 97.1 Å². The molecule has 4 N–H and O–H groups in total. The molecule has 2 aromatic heterocycles. The van der Waals surface area contributed by atoms with Gasteiger partial charge < -0.3 is 20.6 Å². The Balaban J connectivity index is 1.44. The first-order chi connectivity index (χ1) is 17.5. The van der Waals surface area contributed by atoms with Crippen LogP contribution in [0.5, 0.6) is 0 Å². The number of hydrogen-bond acceptors (Lipinski definition) is 2. The van der Waals surface area contributed by atoms with Crippen molar-refractivity contribution < 1.29 is 9.59 Å². The Hall–Kier alpha value is -4.84. The van der Waals surface area contributed by atoms with Crippen LogP contribution in [0.2, 0.25) is 0 Å². The van der Waals surface area contributed by atoms with E-state index >= 15 is 0 Å². The average molecular weight is 475 g/mol. The number of H-pyrrole nitrogens is 2. The van der Waals surface area contributed by atoms with E-state index in [1.807, 2.05) is 78.9 Å². The Morgan fingerprint density at radius 3 is 1.39 bits per heavy atom. The molecule has 0 aliphatic rings. The van der Waals surface area contributed by atoms with Gasteiger partial charge in [-0.05, 0) is 53.6 Å². The van der Waals surface area contributed by atoms with Crippen LogP contribution in [0.25, 0.3) is 45.0 Å². The Bertz CT molecular complexity index is 1450. The molecule has 6 nitrogen and oxygen atoms in total. The Kier molecular flexibility index (Phi) is 6.24. The first-order valence-electron chi connectivity index (χ1n) is 11.7. The molecule has 5 aromatic rings. The fraction of sp³-hybridized carbons (Fsp3) is 0.0667. The van der Waals surface area contributed by atoms with E-state index in [1.165, 1.54) is 13.8 Å². The van der Waals surface area contributed by atoms with E-state index in [2.05, 4.69) is 38.8 Å². The van der Waals surface area contributed by atoms with Crippen LogP contribution in [0.3, 0.4) is 0 Å². The summed E-state index contributed by atoms with van der Waals surface area (Å²) in [5.74, 6) is -0.209. The first-order valence-corrected chi connectivity index (χ1v) is 11.7. The minimum atomic E-state index is -0.105. The van der Waals surface area contributed by atoms with Gasteiger partial charge in [-0.15, -0.1) is 0 Å². The lowest BCUT2D eigenvalue weighted by Crippen LogP contribution is -2.06. The predicted molar refractivity (Wildman–Crippen MR) is 145 cm³/mol. The summed E-state index contributed by atoms with van der Waals surface area (Å²) in [5, 5.41) is 5.79. The molecule has 0 spiro atoms. The SMILES string of the molecule is CC(=O)Nc1ccccc1-c1ccc(-c2cccc(-c3ccc(-c4ccccc4NC(C)=O)[nH]3)c2)[nH]1. The van der Waals surface area contributed by atoms with Gasteiger partial charge in [-0.1, -0.05) is 54.6 Å². The van der Waals surface area contributed by atoms with E-state index in [9.17, 15) is 9.59 Å². The van der Waals surface area contributed by atoms with Crippen molar-refractivity contribution in [2.75, 3.05) is 10.6 Å². The molecule has 0 radical (unpaired) electrons. The zero-order chi connectivity index (χ0) is 25.1. The fourth-order valence-corrected chi connectivity index (χ4v) is 4.33. The summed E-state index contributed by atoms with van der Waals surface area (Å²) in [4.78, 5) is 30.2. The summed E-state index contributed by atoms with van der Waals surface area (Å²) in [7, 11) is 0. The van der Waals surface area contributed by atoms with E-state index in [-0.39, 0.29) is 11.8 Å². The van der Waals surface area contributed by atoms with Crippen molar-refractivity contribution in [3.05, 3.63) is 97.1 Å². The summed E-state index contributed by atoms with van der Waals surface area (Å²) >= 11 is 0. The van der Waals surface area contributed by atoms with Crippen LogP contribution in [0.4, 0.5) is 11.4 Å². The van der Waals surface area contributed by atoms with E-state index < -0.39 is 0 Å². The maximum Gasteiger partial charge on any atom is 0.221 e. The number of carbonyl (C=O) groups is 2. The van der Waals surface area contributed by atoms with Crippen LogP contribution in [-0.2, 0) is 9.59 Å². The molecule has 0 bridgehead atoms. The number of aromatic amines is 2. The van der Waals surface area contributed by atoms with E-state index in [4.69, 9.17) is 0 Å². The van der Waals surface area contributed by atoms with Gasteiger partial charge in [0, 0.05) is 47.8 Å². The lowest BCUT2D eigenvalue weighted by molar-refractivity contribution is -0.115. The predicted octanol–water partition coefficient (Wildman–Crippen LogP) is 6.93. The van der Waals surface area contributed by atoms with Crippen LogP contribution in [-0.4, -0.2) is 21.8 Å². The Morgan fingerprint density at radius 1 is 0.528 bits per heavy atom. The average Bonchev–Trinajstić information content (AvgIpc) is 3.55. The number of para-hydroxylation sites is 2. The molecule has 5 rings (SSSR count). The first kappa shape index (κ1) is 22.9. The van der Waals surface area contributed by atoms with Crippen molar-refractivity contribution in [2.24, 2.45) is 0 Å². The number of carbonyl (C=O) groups excluding carboxylic acids is 2. The maximum atomic E-state index is 11.6. The molecular formula is C30H26N4O2. The maximum absolute atomic E-state index is 11.6. The summed E-state index contributed by atoms with van der Waals surface area (Å²) in [6.45, 7) is 3.01. The molecule has 178 valence electrons. The standard InChI is InChI=1S/C30H26N4O2/c1-19(35)31-27-12-5-3-10-23(27)29-16-14-25(33-29)21-8-7-9-22(18-21)26-15-17-30(34-26)24-11-4-6-13-28(24)32-20(2)36/h3-18,33-34H,1-2H3,(H,31,35)(H,32,36). The van der Waals surface area contributed by atoms with Crippen molar-refractivity contribution >= 4 is 23.2 Å². The van der Waals surface area contributed by atoms with Crippen LogP contribution >= 0.6 is 0 Å². The van der Waals surface area contributed by atoms with Crippen molar-refractivity contribution in [3.8, 4) is 45.0 Å². The number of aromatic nitrogens is 2. The van der Waals surface area contributed by atoms with Crippen LogP contribution in [0, 0.1) is 0 Å². The molecule has 0 saturated heterocycles. The molecule has 0 fully saturated rings. The number of hydrogen-bond donors (Lipinski definition) is 4. The van der Waals surface area contributed by atoms with E-state index in [0.717, 1.165) is 56.4 Å². The van der Waals surface area contributed by atoms with Gasteiger partial charge in [-0.3, -0.25) is 9.59 Å². The molecule has 0 aliphatic heterocycles. The van der Waals surface area contributed by atoms with Crippen molar-refractivity contribution in [1.29, 1.82) is 0 Å². The summed E-state index contributed by atoms with van der Waals surface area (Å²) < 4.78 is 0. The van der Waals surface area contributed by atoms with Crippen molar-refractivity contribution in [2.45, 2.75) is 13.8 Å². The van der Waals surface area contributed by atoms with Gasteiger partial charge >= 0.3 is 0 Å². The summed E-state index contributed by atoms with van der Waals surface area (Å²) in [6.07, 6.45) is 0. The number of benzene rings is 3. The lowest BCUT2D eigenvalue weighted by Gasteiger charge is -2.09. The second kappa shape index (κ2) is 9.80. The zero-order valence-electron chi connectivity index (χ0n) is 20.1. The monoisotopic (exact) mass is 474 g/mol. The molecule has 0 aliphatic carbocycles. The van der Waals surface area contributed by atoms with Gasteiger partial charge in [0.05, 0.1) is 11.4 Å². The third-order valence-corrected chi connectivity index (χ3v) is 5.91. The molecule has 3 aromatic carbocycles. The summed E-state index contributed by atoms with van der Waals surface area (Å²) in [5.41, 5.74) is 9.31. The van der Waals surface area contributed by atoms with Crippen LogP contribution < -0.4 is 10.6 Å². The molecule has 0 unspecified atom stereocenters. The largest absolute Gasteiger partial charge is 0.354 e. The number of rotatable bonds is 6. The molecule has 6 heteroatoms. The van der Waals surface area contributed by atoms with E-state index in [1.54, 1.807) is 0 Å². The Labute approximate surface area is 209 Å². The van der Waals surface area contributed by atoms with Crippen molar-refractivity contribution in [1.82, 2.24) is 9.97 Å². The summed E-state index contributed by atoms with van der Waals surface area (Å²) in [6, 6.07) is 31.9. The molecule has 36 heavy (non-hydrogen) atoms. The normalized spacial score (nSPS) is 10.7. The lowest BCUT2D eigenvalue weighted by atomic mass is 10.1. The molecule has 2 amide bonds. The molecule has 0 atom stereocenters. The minimum absolute atomic E-state index is 0.105. The zero-order valence-corrected chi connectivity index (χ0v) is 20.1. The Morgan fingerprint density at radius 2 is 0.944 bits per heavy atom. The van der Waals surface area contributed by atoms with E-state index in [0.29, 0.717) is 0 Å². The van der Waals surface area contributed by atoms with Gasteiger partial charge in [0.1, 0.15) is 0 Å². The van der Waals surface area contributed by atoms with Gasteiger partial charge in [0.25, 0.3) is 0 Å². The molecule has 2 heterocycles. The highest BCUT2D eigenvalue weighted by atomic mass is 16.2. The second-order valence-corrected chi connectivity index (χ2v) is 8.61.